The van der Waals surface area contributed by atoms with E-state index in [1.54, 1.807) is 23.1 Å². The van der Waals surface area contributed by atoms with E-state index in [2.05, 4.69) is 48.8 Å². The van der Waals surface area contributed by atoms with E-state index in [0.717, 1.165) is 10.9 Å². The highest BCUT2D eigenvalue weighted by Crippen LogP contribution is 2.26. The Morgan fingerprint density at radius 2 is 1.94 bits per heavy atom. The van der Waals surface area contributed by atoms with Gasteiger partial charge in [-0.2, -0.15) is 0 Å². The summed E-state index contributed by atoms with van der Waals surface area (Å²) in [5.74, 6) is 0. The molecule has 96 valence electrons. The topological polar surface area (TPSA) is 12.0 Å². The minimum Gasteiger partial charge on any atom is -0.305 e. The van der Waals surface area contributed by atoms with Gasteiger partial charge in [-0.1, -0.05) is 23.7 Å². The van der Waals surface area contributed by atoms with Gasteiger partial charge in [-0.3, -0.25) is 0 Å². The molecular weight excluding hydrogens is 282 g/mol. The SMILES string of the molecule is CSc1ccc(CNC(C)c2ccc(Cl)s2)cc1. The van der Waals surface area contributed by atoms with E-state index in [9.17, 15) is 0 Å². The summed E-state index contributed by atoms with van der Waals surface area (Å²) in [6.45, 7) is 3.05. The van der Waals surface area contributed by atoms with Crippen LogP contribution < -0.4 is 5.32 Å². The molecule has 1 atom stereocenters. The molecule has 0 aliphatic heterocycles. The van der Waals surface area contributed by atoms with Crippen LogP contribution in [0.5, 0.6) is 0 Å². The molecule has 1 aromatic carbocycles. The van der Waals surface area contributed by atoms with Crippen molar-refractivity contribution in [1.82, 2.24) is 5.32 Å². The van der Waals surface area contributed by atoms with Crippen LogP contribution in [0.4, 0.5) is 0 Å². The molecule has 0 aliphatic rings. The van der Waals surface area contributed by atoms with Gasteiger partial charge in [0.05, 0.1) is 4.34 Å². The Hall–Kier alpha value is -0.480. The Morgan fingerprint density at radius 1 is 1.22 bits per heavy atom. The van der Waals surface area contributed by atoms with Crippen LogP contribution in [0.2, 0.25) is 4.34 Å². The summed E-state index contributed by atoms with van der Waals surface area (Å²) in [7, 11) is 0. The van der Waals surface area contributed by atoms with Crippen molar-refractivity contribution < 1.29 is 0 Å². The second-order valence-electron chi connectivity index (χ2n) is 4.09. The van der Waals surface area contributed by atoms with Gasteiger partial charge < -0.3 is 5.32 Å². The third-order valence-electron chi connectivity index (χ3n) is 2.79. The fraction of sp³-hybridized carbons (Fsp3) is 0.286. The number of hydrogen-bond acceptors (Lipinski definition) is 3. The summed E-state index contributed by atoms with van der Waals surface area (Å²) < 4.78 is 0.850. The predicted molar refractivity (Wildman–Crippen MR) is 82.8 cm³/mol. The van der Waals surface area contributed by atoms with Crippen LogP contribution in [0.15, 0.2) is 41.3 Å². The van der Waals surface area contributed by atoms with Crippen molar-refractivity contribution in [3.63, 3.8) is 0 Å². The first kappa shape index (κ1) is 13.9. The molecule has 0 saturated heterocycles. The Labute approximate surface area is 122 Å². The summed E-state index contributed by atoms with van der Waals surface area (Å²) in [5, 5.41) is 3.51. The maximum atomic E-state index is 5.94. The molecule has 0 aliphatic carbocycles. The highest BCUT2D eigenvalue weighted by atomic mass is 35.5. The van der Waals surface area contributed by atoms with Crippen molar-refractivity contribution in [3.05, 3.63) is 51.2 Å². The number of thioether (sulfide) groups is 1. The minimum absolute atomic E-state index is 0.336. The van der Waals surface area contributed by atoms with Crippen LogP contribution >= 0.6 is 34.7 Å². The van der Waals surface area contributed by atoms with Crippen LogP contribution in [-0.2, 0) is 6.54 Å². The fourth-order valence-electron chi connectivity index (χ4n) is 1.68. The molecule has 2 rings (SSSR count). The van der Waals surface area contributed by atoms with Gasteiger partial charge in [-0.15, -0.1) is 23.1 Å². The first-order chi connectivity index (χ1) is 8.69. The molecule has 1 N–H and O–H groups in total. The molecule has 0 spiro atoms. The standard InChI is InChI=1S/C14H16ClNS2/c1-10(13-7-8-14(15)18-13)16-9-11-3-5-12(17-2)6-4-11/h3-8,10,16H,9H2,1-2H3. The molecule has 0 radical (unpaired) electrons. The van der Waals surface area contributed by atoms with Gasteiger partial charge in [0.15, 0.2) is 0 Å². The van der Waals surface area contributed by atoms with Crippen LogP contribution in [0, 0.1) is 0 Å². The van der Waals surface area contributed by atoms with Gasteiger partial charge in [-0.05, 0) is 43.0 Å². The summed E-state index contributed by atoms with van der Waals surface area (Å²) >= 11 is 9.35. The van der Waals surface area contributed by atoms with Gasteiger partial charge in [0, 0.05) is 22.4 Å². The summed E-state index contributed by atoms with van der Waals surface area (Å²) in [5.41, 5.74) is 1.31. The van der Waals surface area contributed by atoms with Crippen LogP contribution in [-0.4, -0.2) is 6.26 Å². The Balaban J connectivity index is 1.90. The lowest BCUT2D eigenvalue weighted by molar-refractivity contribution is 0.583. The smallest absolute Gasteiger partial charge is 0.0931 e. The first-order valence-electron chi connectivity index (χ1n) is 5.80. The number of halogens is 1. The first-order valence-corrected chi connectivity index (χ1v) is 8.22. The van der Waals surface area contributed by atoms with Gasteiger partial charge >= 0.3 is 0 Å². The predicted octanol–water partition coefficient (Wildman–Crippen LogP) is 4.97. The van der Waals surface area contributed by atoms with Crippen LogP contribution in [0.25, 0.3) is 0 Å². The number of hydrogen-bond donors (Lipinski definition) is 1. The Morgan fingerprint density at radius 3 is 2.50 bits per heavy atom. The molecule has 0 bridgehead atoms. The summed E-state index contributed by atoms with van der Waals surface area (Å²) in [6.07, 6.45) is 2.09. The molecule has 1 heterocycles. The van der Waals surface area contributed by atoms with E-state index >= 15 is 0 Å². The monoisotopic (exact) mass is 297 g/mol. The van der Waals surface area contributed by atoms with Crippen LogP contribution in [0.1, 0.15) is 23.4 Å². The molecule has 2 aromatic rings. The van der Waals surface area contributed by atoms with Gasteiger partial charge in [0.25, 0.3) is 0 Å². The minimum atomic E-state index is 0.336. The van der Waals surface area contributed by atoms with E-state index in [-0.39, 0.29) is 0 Å². The number of nitrogens with one attached hydrogen (secondary N) is 1. The molecule has 4 heteroatoms. The molecular formula is C14H16ClNS2. The van der Waals surface area contributed by atoms with E-state index in [1.165, 1.54) is 15.3 Å². The zero-order valence-corrected chi connectivity index (χ0v) is 12.8. The maximum absolute atomic E-state index is 5.94. The van der Waals surface area contributed by atoms with Crippen LogP contribution in [0.3, 0.4) is 0 Å². The lowest BCUT2D eigenvalue weighted by atomic mass is 10.2. The van der Waals surface area contributed by atoms with E-state index in [4.69, 9.17) is 11.6 Å². The summed E-state index contributed by atoms with van der Waals surface area (Å²) in [4.78, 5) is 2.58. The molecule has 18 heavy (non-hydrogen) atoms. The van der Waals surface area contributed by atoms with E-state index in [0.29, 0.717) is 6.04 Å². The van der Waals surface area contributed by atoms with E-state index in [1.807, 2.05) is 6.07 Å². The van der Waals surface area contributed by atoms with Gasteiger partial charge in [0.2, 0.25) is 0 Å². The molecule has 1 unspecified atom stereocenters. The molecule has 1 nitrogen and oxygen atoms in total. The average Bonchev–Trinajstić information content (AvgIpc) is 2.83. The number of thiophene rings is 1. The third-order valence-corrected chi connectivity index (χ3v) is 4.95. The molecule has 0 saturated carbocycles. The quantitative estimate of drug-likeness (QED) is 0.782. The highest BCUT2D eigenvalue weighted by molar-refractivity contribution is 7.98. The zero-order chi connectivity index (χ0) is 13.0. The third kappa shape index (κ3) is 3.75. The summed E-state index contributed by atoms with van der Waals surface area (Å²) in [6, 6.07) is 13.0. The largest absolute Gasteiger partial charge is 0.305 e. The second-order valence-corrected chi connectivity index (χ2v) is 6.72. The lowest BCUT2D eigenvalue weighted by Gasteiger charge is -2.12. The van der Waals surface area contributed by atoms with Gasteiger partial charge in [0.1, 0.15) is 0 Å². The number of rotatable bonds is 5. The molecule has 0 amide bonds. The van der Waals surface area contributed by atoms with Crippen molar-refractivity contribution in [2.24, 2.45) is 0 Å². The Kier molecular flexibility index (Phi) is 5.13. The van der Waals surface area contributed by atoms with Crippen molar-refractivity contribution in [3.8, 4) is 0 Å². The average molecular weight is 298 g/mol. The fourth-order valence-corrected chi connectivity index (χ4v) is 3.17. The van der Waals surface area contributed by atoms with Crippen molar-refractivity contribution in [1.29, 1.82) is 0 Å². The van der Waals surface area contributed by atoms with Crippen molar-refractivity contribution in [2.75, 3.05) is 6.26 Å². The molecule has 0 fully saturated rings. The van der Waals surface area contributed by atoms with E-state index < -0.39 is 0 Å². The zero-order valence-electron chi connectivity index (χ0n) is 10.4. The maximum Gasteiger partial charge on any atom is 0.0931 e. The lowest BCUT2D eigenvalue weighted by Crippen LogP contribution is -2.16. The highest BCUT2D eigenvalue weighted by Gasteiger charge is 2.07. The number of benzene rings is 1. The second kappa shape index (κ2) is 6.62. The van der Waals surface area contributed by atoms with Crippen molar-refractivity contribution >= 4 is 34.7 Å². The van der Waals surface area contributed by atoms with Crippen molar-refractivity contribution in [2.45, 2.75) is 24.4 Å². The van der Waals surface area contributed by atoms with Gasteiger partial charge in [-0.25, -0.2) is 0 Å². The normalized spacial score (nSPS) is 12.6. The Bertz CT molecular complexity index is 493. The molecule has 1 aromatic heterocycles.